The Morgan fingerprint density at radius 2 is 2.06 bits per heavy atom. The van der Waals surface area contributed by atoms with Crippen molar-refractivity contribution < 1.29 is 4.79 Å². The second-order valence-electron chi connectivity index (χ2n) is 5.64. The van der Waals surface area contributed by atoms with Gasteiger partial charge in [0.1, 0.15) is 0 Å². The SMILES string of the molecule is CC(C)(C)NC(=O)CN(CCCN)C1CC1. The third kappa shape index (κ3) is 5.47. The number of amides is 1. The van der Waals surface area contributed by atoms with E-state index in [1.165, 1.54) is 12.8 Å². The number of carbonyl (C=O) groups excluding carboxylic acids is 1. The van der Waals surface area contributed by atoms with Gasteiger partial charge >= 0.3 is 0 Å². The van der Waals surface area contributed by atoms with Gasteiger partial charge in [0.2, 0.25) is 5.91 Å². The predicted octanol–water partition coefficient (Wildman–Crippen LogP) is 0.714. The van der Waals surface area contributed by atoms with Gasteiger partial charge in [-0.25, -0.2) is 0 Å². The molecule has 1 rings (SSSR count). The van der Waals surface area contributed by atoms with Crippen molar-refractivity contribution in [2.45, 2.75) is 51.6 Å². The Balaban J connectivity index is 2.33. The molecular weight excluding hydrogens is 202 g/mol. The maximum atomic E-state index is 11.8. The summed E-state index contributed by atoms with van der Waals surface area (Å²) in [6.07, 6.45) is 3.43. The van der Waals surface area contributed by atoms with Crippen LogP contribution in [0.4, 0.5) is 0 Å². The zero-order chi connectivity index (χ0) is 12.2. The Kier molecular flexibility index (Phi) is 4.74. The Hall–Kier alpha value is -0.610. The van der Waals surface area contributed by atoms with E-state index in [0.29, 0.717) is 19.1 Å². The van der Waals surface area contributed by atoms with E-state index in [0.717, 1.165) is 13.0 Å². The zero-order valence-electron chi connectivity index (χ0n) is 10.8. The van der Waals surface area contributed by atoms with Crippen molar-refractivity contribution >= 4 is 5.91 Å². The number of nitrogens with zero attached hydrogens (tertiary/aromatic N) is 1. The minimum atomic E-state index is -0.139. The van der Waals surface area contributed by atoms with Crippen LogP contribution in [0.3, 0.4) is 0 Å². The molecule has 0 aromatic rings. The first-order valence-electron chi connectivity index (χ1n) is 6.17. The van der Waals surface area contributed by atoms with E-state index in [1.54, 1.807) is 0 Å². The minimum absolute atomic E-state index is 0.122. The molecule has 0 aliphatic heterocycles. The van der Waals surface area contributed by atoms with Crippen LogP contribution in [0.15, 0.2) is 0 Å². The summed E-state index contributed by atoms with van der Waals surface area (Å²) >= 11 is 0. The Morgan fingerprint density at radius 3 is 2.50 bits per heavy atom. The normalized spacial score (nSPS) is 16.6. The third-order valence-corrected chi connectivity index (χ3v) is 2.57. The molecule has 16 heavy (non-hydrogen) atoms. The fourth-order valence-corrected chi connectivity index (χ4v) is 1.77. The first-order chi connectivity index (χ1) is 7.42. The van der Waals surface area contributed by atoms with Gasteiger partial charge in [0, 0.05) is 18.1 Å². The summed E-state index contributed by atoms with van der Waals surface area (Å²) in [5.41, 5.74) is 5.36. The smallest absolute Gasteiger partial charge is 0.234 e. The van der Waals surface area contributed by atoms with Gasteiger partial charge in [0.15, 0.2) is 0 Å². The van der Waals surface area contributed by atoms with Crippen LogP contribution in [-0.4, -0.2) is 42.0 Å². The van der Waals surface area contributed by atoms with E-state index in [1.807, 2.05) is 20.8 Å². The van der Waals surface area contributed by atoms with Crippen molar-refractivity contribution in [3.63, 3.8) is 0 Å². The van der Waals surface area contributed by atoms with Crippen LogP contribution in [0.25, 0.3) is 0 Å². The third-order valence-electron chi connectivity index (χ3n) is 2.57. The zero-order valence-corrected chi connectivity index (χ0v) is 10.8. The number of carbonyl (C=O) groups is 1. The molecule has 1 aliphatic rings. The molecule has 0 spiro atoms. The largest absolute Gasteiger partial charge is 0.350 e. The van der Waals surface area contributed by atoms with Gasteiger partial charge in [-0.1, -0.05) is 0 Å². The van der Waals surface area contributed by atoms with Gasteiger partial charge in [-0.3, -0.25) is 9.69 Å². The van der Waals surface area contributed by atoms with Crippen LogP contribution < -0.4 is 11.1 Å². The van der Waals surface area contributed by atoms with Gasteiger partial charge in [-0.05, 0) is 46.6 Å². The molecule has 4 nitrogen and oxygen atoms in total. The summed E-state index contributed by atoms with van der Waals surface area (Å²) in [5.74, 6) is 0.122. The number of nitrogens with one attached hydrogen (secondary N) is 1. The molecule has 0 radical (unpaired) electrons. The molecule has 0 heterocycles. The first-order valence-corrected chi connectivity index (χ1v) is 6.17. The van der Waals surface area contributed by atoms with Crippen molar-refractivity contribution in [2.75, 3.05) is 19.6 Å². The summed E-state index contributed by atoms with van der Waals surface area (Å²) in [6.45, 7) is 8.18. The van der Waals surface area contributed by atoms with Gasteiger partial charge in [-0.2, -0.15) is 0 Å². The lowest BCUT2D eigenvalue weighted by atomic mass is 10.1. The summed E-state index contributed by atoms with van der Waals surface area (Å²) in [6, 6.07) is 0.622. The summed E-state index contributed by atoms with van der Waals surface area (Å²) in [7, 11) is 0. The van der Waals surface area contributed by atoms with Crippen LogP contribution in [0.5, 0.6) is 0 Å². The van der Waals surface area contributed by atoms with E-state index < -0.39 is 0 Å². The second-order valence-corrected chi connectivity index (χ2v) is 5.64. The van der Waals surface area contributed by atoms with E-state index in [2.05, 4.69) is 10.2 Å². The maximum Gasteiger partial charge on any atom is 0.234 e. The molecule has 94 valence electrons. The lowest BCUT2D eigenvalue weighted by Crippen LogP contribution is -2.46. The van der Waals surface area contributed by atoms with Crippen molar-refractivity contribution in [2.24, 2.45) is 5.73 Å². The lowest BCUT2D eigenvalue weighted by Gasteiger charge is -2.25. The molecule has 4 heteroatoms. The van der Waals surface area contributed by atoms with Crippen LogP contribution in [0.2, 0.25) is 0 Å². The van der Waals surface area contributed by atoms with Crippen LogP contribution in [0.1, 0.15) is 40.0 Å². The van der Waals surface area contributed by atoms with Gasteiger partial charge in [-0.15, -0.1) is 0 Å². The predicted molar refractivity (Wildman–Crippen MR) is 66.2 cm³/mol. The second kappa shape index (κ2) is 5.64. The fourth-order valence-electron chi connectivity index (χ4n) is 1.77. The van der Waals surface area contributed by atoms with Crippen molar-refractivity contribution in [3.8, 4) is 0 Å². The Labute approximate surface area is 98.6 Å². The van der Waals surface area contributed by atoms with E-state index in [9.17, 15) is 4.79 Å². The molecule has 0 aromatic heterocycles. The lowest BCUT2D eigenvalue weighted by molar-refractivity contribution is -0.123. The highest BCUT2D eigenvalue weighted by molar-refractivity contribution is 5.78. The van der Waals surface area contributed by atoms with Gasteiger partial charge in [0.25, 0.3) is 0 Å². The molecule has 1 aliphatic carbocycles. The van der Waals surface area contributed by atoms with E-state index >= 15 is 0 Å². The summed E-state index contributed by atoms with van der Waals surface area (Å²) in [4.78, 5) is 14.0. The molecule has 0 bridgehead atoms. The Morgan fingerprint density at radius 1 is 1.44 bits per heavy atom. The molecule has 0 atom stereocenters. The molecule has 1 saturated carbocycles. The fraction of sp³-hybridized carbons (Fsp3) is 0.917. The molecule has 3 N–H and O–H groups in total. The van der Waals surface area contributed by atoms with Crippen LogP contribution in [0, 0.1) is 0 Å². The molecule has 1 fully saturated rings. The molecular formula is C12H25N3O. The highest BCUT2D eigenvalue weighted by Crippen LogP contribution is 2.26. The topological polar surface area (TPSA) is 58.4 Å². The molecule has 0 aromatic carbocycles. The van der Waals surface area contributed by atoms with Crippen LogP contribution in [-0.2, 0) is 4.79 Å². The average molecular weight is 227 g/mol. The summed E-state index contributed by atoms with van der Waals surface area (Å²) < 4.78 is 0. The standard InChI is InChI=1S/C12H25N3O/c1-12(2,3)14-11(16)9-15(8-4-7-13)10-5-6-10/h10H,4-9,13H2,1-3H3,(H,14,16). The summed E-state index contributed by atoms with van der Waals surface area (Å²) in [5, 5.41) is 3.00. The minimum Gasteiger partial charge on any atom is -0.350 e. The number of rotatable bonds is 6. The van der Waals surface area contributed by atoms with Crippen molar-refractivity contribution in [1.29, 1.82) is 0 Å². The van der Waals surface area contributed by atoms with Crippen molar-refractivity contribution in [1.82, 2.24) is 10.2 Å². The number of nitrogens with two attached hydrogens (primary N) is 1. The molecule has 0 saturated heterocycles. The highest BCUT2D eigenvalue weighted by atomic mass is 16.2. The first kappa shape index (κ1) is 13.5. The van der Waals surface area contributed by atoms with E-state index in [-0.39, 0.29) is 11.4 Å². The van der Waals surface area contributed by atoms with Gasteiger partial charge in [0.05, 0.1) is 6.54 Å². The highest BCUT2D eigenvalue weighted by Gasteiger charge is 2.30. The number of hydrogen-bond acceptors (Lipinski definition) is 3. The van der Waals surface area contributed by atoms with Gasteiger partial charge < -0.3 is 11.1 Å². The van der Waals surface area contributed by atoms with Crippen LogP contribution >= 0.6 is 0 Å². The quantitative estimate of drug-likeness (QED) is 0.703. The molecule has 0 unspecified atom stereocenters. The molecule has 1 amide bonds. The number of hydrogen-bond donors (Lipinski definition) is 2. The van der Waals surface area contributed by atoms with Crippen molar-refractivity contribution in [3.05, 3.63) is 0 Å². The monoisotopic (exact) mass is 227 g/mol. The average Bonchev–Trinajstić information content (AvgIpc) is 2.91. The van der Waals surface area contributed by atoms with E-state index in [4.69, 9.17) is 5.73 Å². The Bertz CT molecular complexity index is 231. The maximum absolute atomic E-state index is 11.8.